The number of ether oxygens (including phenoxy) is 1. The van der Waals surface area contributed by atoms with E-state index in [2.05, 4.69) is 48.5 Å². The normalized spacial score (nSPS) is 38.7. The van der Waals surface area contributed by atoms with Crippen LogP contribution in [0.4, 0.5) is 0 Å². The number of carbonyl (C=O) groups excluding carboxylic acids is 1. The van der Waals surface area contributed by atoms with Crippen LogP contribution in [0.3, 0.4) is 0 Å². The first-order valence-electron chi connectivity index (χ1n) is 10.2. The molecule has 3 nitrogen and oxygen atoms in total. The summed E-state index contributed by atoms with van der Waals surface area (Å²) in [6.45, 7) is 16.9. The SMILES string of the molecule is CC(C)(C)CC(C)(C(=O)OC12CC3CC(=CC(C)(O)C1)C3C2)C(C)(C)C. The fraction of sp³-hybridized carbons (Fsp3) is 0.870. The third-order valence-corrected chi connectivity index (χ3v) is 7.24. The van der Waals surface area contributed by atoms with Crippen LogP contribution in [0.1, 0.15) is 87.5 Å². The molecule has 148 valence electrons. The Morgan fingerprint density at radius 1 is 1.19 bits per heavy atom. The molecular weight excluding hydrogens is 324 g/mol. The number of hydrogen-bond donors (Lipinski definition) is 1. The average Bonchev–Trinajstić information content (AvgIpc) is 2.60. The Kier molecular flexibility index (Phi) is 4.28. The molecular formula is C23H38O3. The van der Waals surface area contributed by atoms with E-state index in [1.54, 1.807) is 0 Å². The van der Waals surface area contributed by atoms with Crippen LogP contribution in [0.2, 0.25) is 0 Å². The van der Waals surface area contributed by atoms with Gasteiger partial charge in [-0.15, -0.1) is 0 Å². The zero-order chi connectivity index (χ0) is 19.8. The van der Waals surface area contributed by atoms with Crippen molar-refractivity contribution in [3.8, 4) is 0 Å². The maximum Gasteiger partial charge on any atom is 0.312 e. The molecule has 0 spiro atoms. The summed E-state index contributed by atoms with van der Waals surface area (Å²) in [4.78, 5) is 13.6. The maximum atomic E-state index is 13.6. The number of aliphatic hydroxyl groups is 1. The Labute approximate surface area is 159 Å². The van der Waals surface area contributed by atoms with Gasteiger partial charge in [0.2, 0.25) is 0 Å². The lowest BCUT2D eigenvalue weighted by atomic mass is 9.61. The molecule has 5 atom stereocenters. The summed E-state index contributed by atoms with van der Waals surface area (Å²) in [5, 5.41) is 10.8. The van der Waals surface area contributed by atoms with Crippen molar-refractivity contribution in [1.82, 2.24) is 0 Å². The molecule has 26 heavy (non-hydrogen) atoms. The van der Waals surface area contributed by atoms with Crippen LogP contribution >= 0.6 is 0 Å². The van der Waals surface area contributed by atoms with Gasteiger partial charge in [-0.1, -0.05) is 53.2 Å². The van der Waals surface area contributed by atoms with Crippen molar-refractivity contribution in [3.05, 3.63) is 11.6 Å². The Hall–Kier alpha value is -0.830. The van der Waals surface area contributed by atoms with Gasteiger partial charge in [-0.25, -0.2) is 0 Å². The van der Waals surface area contributed by atoms with Gasteiger partial charge >= 0.3 is 5.97 Å². The number of rotatable bonds is 3. The molecule has 0 aromatic carbocycles. The highest BCUT2D eigenvalue weighted by atomic mass is 16.6. The molecule has 3 heteroatoms. The monoisotopic (exact) mass is 362 g/mol. The molecule has 0 heterocycles. The zero-order valence-electron chi connectivity index (χ0n) is 18.0. The second-order valence-corrected chi connectivity index (χ2v) is 12.1. The van der Waals surface area contributed by atoms with Crippen LogP contribution in [0.25, 0.3) is 0 Å². The minimum Gasteiger partial charge on any atom is -0.458 e. The van der Waals surface area contributed by atoms with E-state index in [0.717, 1.165) is 25.7 Å². The first-order valence-corrected chi connectivity index (χ1v) is 10.2. The van der Waals surface area contributed by atoms with Gasteiger partial charge in [-0.3, -0.25) is 4.79 Å². The van der Waals surface area contributed by atoms with Crippen LogP contribution in [-0.2, 0) is 9.53 Å². The van der Waals surface area contributed by atoms with Crippen molar-refractivity contribution in [2.75, 3.05) is 0 Å². The number of carbonyl (C=O) groups is 1. The molecule has 5 unspecified atom stereocenters. The summed E-state index contributed by atoms with van der Waals surface area (Å²) in [6.07, 6.45) is 6.22. The Morgan fingerprint density at radius 3 is 2.35 bits per heavy atom. The van der Waals surface area contributed by atoms with Crippen LogP contribution in [0.5, 0.6) is 0 Å². The van der Waals surface area contributed by atoms with Gasteiger partial charge in [0.25, 0.3) is 0 Å². The molecule has 0 aromatic rings. The standard InChI is InChI=1S/C23H38O3/c1-19(2,3)13-22(8,20(4,5)6)18(24)26-23-11-16-9-15(17(16)12-23)10-21(7,25)14-23/h10,16-17,25H,9,11-14H2,1-8H3. The van der Waals surface area contributed by atoms with Crippen LogP contribution in [-0.4, -0.2) is 22.3 Å². The predicted octanol–water partition coefficient (Wildman–Crippen LogP) is 5.27. The maximum absolute atomic E-state index is 13.6. The second kappa shape index (κ2) is 5.59. The molecule has 0 aliphatic heterocycles. The zero-order valence-corrected chi connectivity index (χ0v) is 18.0. The van der Waals surface area contributed by atoms with E-state index in [9.17, 15) is 9.90 Å². The summed E-state index contributed by atoms with van der Waals surface area (Å²) in [5.74, 6) is 1.06. The predicted molar refractivity (Wildman–Crippen MR) is 105 cm³/mol. The lowest BCUT2D eigenvalue weighted by Crippen LogP contribution is -2.49. The van der Waals surface area contributed by atoms with Gasteiger partial charge in [0.05, 0.1) is 11.0 Å². The third kappa shape index (κ3) is 3.37. The van der Waals surface area contributed by atoms with Crippen molar-refractivity contribution >= 4 is 5.97 Å². The Balaban J connectivity index is 1.88. The van der Waals surface area contributed by atoms with E-state index in [1.807, 2.05) is 13.0 Å². The van der Waals surface area contributed by atoms with Crippen LogP contribution in [0.15, 0.2) is 11.6 Å². The molecule has 3 aliphatic carbocycles. The Bertz CT molecular complexity index is 631. The minimum absolute atomic E-state index is 0.0388. The van der Waals surface area contributed by atoms with E-state index >= 15 is 0 Å². The topological polar surface area (TPSA) is 46.5 Å². The molecule has 0 saturated heterocycles. The number of fused-ring (bicyclic) bond motifs is 1. The smallest absolute Gasteiger partial charge is 0.312 e. The fourth-order valence-electron chi connectivity index (χ4n) is 5.76. The van der Waals surface area contributed by atoms with E-state index < -0.39 is 16.6 Å². The molecule has 3 aliphatic rings. The van der Waals surface area contributed by atoms with Crippen molar-refractivity contribution in [1.29, 1.82) is 0 Å². The molecule has 0 radical (unpaired) electrons. The lowest BCUT2D eigenvalue weighted by Gasteiger charge is -2.46. The summed E-state index contributed by atoms with van der Waals surface area (Å²) in [6, 6.07) is 0. The minimum atomic E-state index is -0.877. The average molecular weight is 363 g/mol. The summed E-state index contributed by atoms with van der Waals surface area (Å²) < 4.78 is 6.39. The van der Waals surface area contributed by atoms with Crippen molar-refractivity contribution in [2.45, 2.75) is 98.7 Å². The highest BCUT2D eigenvalue weighted by molar-refractivity contribution is 5.78. The first kappa shape index (κ1) is 19.9. The van der Waals surface area contributed by atoms with E-state index in [1.165, 1.54) is 5.57 Å². The van der Waals surface area contributed by atoms with E-state index in [-0.39, 0.29) is 16.8 Å². The quantitative estimate of drug-likeness (QED) is 0.550. The van der Waals surface area contributed by atoms with Crippen LogP contribution in [0, 0.1) is 28.1 Å². The van der Waals surface area contributed by atoms with Gasteiger partial charge in [-0.05, 0) is 62.2 Å². The molecule has 0 amide bonds. The summed E-state index contributed by atoms with van der Waals surface area (Å²) in [7, 11) is 0. The number of esters is 1. The summed E-state index contributed by atoms with van der Waals surface area (Å²) >= 11 is 0. The largest absolute Gasteiger partial charge is 0.458 e. The van der Waals surface area contributed by atoms with Gasteiger partial charge in [0.1, 0.15) is 5.60 Å². The van der Waals surface area contributed by atoms with Crippen molar-refractivity contribution < 1.29 is 14.6 Å². The number of allylic oxidation sites excluding steroid dienone is 1. The molecule has 2 bridgehead atoms. The molecule has 2 saturated carbocycles. The van der Waals surface area contributed by atoms with Gasteiger partial charge in [-0.2, -0.15) is 0 Å². The molecule has 0 aromatic heterocycles. The Morgan fingerprint density at radius 2 is 1.81 bits per heavy atom. The fourth-order valence-corrected chi connectivity index (χ4v) is 5.76. The highest BCUT2D eigenvalue weighted by Crippen LogP contribution is 2.61. The summed E-state index contributed by atoms with van der Waals surface area (Å²) in [5.41, 5.74) is -0.716. The molecule has 1 N–H and O–H groups in total. The van der Waals surface area contributed by atoms with Crippen molar-refractivity contribution in [3.63, 3.8) is 0 Å². The lowest BCUT2D eigenvalue weighted by molar-refractivity contribution is -0.185. The second-order valence-electron chi connectivity index (χ2n) is 12.1. The van der Waals surface area contributed by atoms with Gasteiger partial charge in [0, 0.05) is 6.42 Å². The van der Waals surface area contributed by atoms with Crippen molar-refractivity contribution in [2.24, 2.45) is 28.1 Å². The molecule has 2 fully saturated rings. The third-order valence-electron chi connectivity index (χ3n) is 7.24. The highest BCUT2D eigenvalue weighted by Gasteiger charge is 2.59. The van der Waals surface area contributed by atoms with E-state index in [4.69, 9.17) is 4.74 Å². The van der Waals surface area contributed by atoms with E-state index in [0.29, 0.717) is 18.3 Å². The first-order chi connectivity index (χ1) is 11.6. The van der Waals surface area contributed by atoms with Gasteiger partial charge in [0.15, 0.2) is 0 Å². The van der Waals surface area contributed by atoms with Crippen LogP contribution < -0.4 is 0 Å². The molecule has 3 rings (SSSR count). The van der Waals surface area contributed by atoms with Gasteiger partial charge < -0.3 is 9.84 Å². The number of hydrogen-bond acceptors (Lipinski definition) is 3.